The van der Waals surface area contributed by atoms with E-state index in [2.05, 4.69) is 10.3 Å². The molecule has 1 saturated carbocycles. The summed E-state index contributed by atoms with van der Waals surface area (Å²) in [6.07, 6.45) is 3.95. The van der Waals surface area contributed by atoms with E-state index in [-0.39, 0.29) is 24.2 Å². The fourth-order valence-corrected chi connectivity index (χ4v) is 4.47. The molecule has 0 aliphatic heterocycles. The van der Waals surface area contributed by atoms with Gasteiger partial charge in [-0.2, -0.15) is 0 Å². The van der Waals surface area contributed by atoms with Crippen LogP contribution in [0.4, 0.5) is 5.13 Å². The minimum atomic E-state index is -0.824. The number of benzene rings is 1. The summed E-state index contributed by atoms with van der Waals surface area (Å²) in [4.78, 5) is 28.0. The second kappa shape index (κ2) is 6.28. The normalized spacial score (nSPS) is 16.6. The smallest absolute Gasteiger partial charge is 0.303 e. The molecule has 1 aliphatic carbocycles. The van der Waals surface area contributed by atoms with Crippen LogP contribution in [0, 0.1) is 12.3 Å². The molecule has 0 atom stereocenters. The summed E-state index contributed by atoms with van der Waals surface area (Å²) in [6, 6.07) is 5.95. The van der Waals surface area contributed by atoms with Crippen LogP contribution in [0.25, 0.3) is 10.2 Å². The standard InChI is InChI=1S/C17H20N2O3S/c1-11-5-4-6-12-15(11)19-16(23-12)18-13(20)9-17(10-14(21)22)7-2-3-8-17/h4-6H,2-3,7-10H2,1H3,(H,21,22)(H,18,19,20). The van der Waals surface area contributed by atoms with Crippen molar-refractivity contribution >= 4 is 38.6 Å². The fourth-order valence-electron chi connectivity index (χ4n) is 3.51. The first kappa shape index (κ1) is 15.9. The van der Waals surface area contributed by atoms with Gasteiger partial charge in [0.15, 0.2) is 5.13 Å². The number of para-hydroxylation sites is 1. The minimum Gasteiger partial charge on any atom is -0.481 e. The number of aliphatic carboxylic acids is 1. The Kier molecular flexibility index (Phi) is 4.35. The number of carboxylic acids is 1. The van der Waals surface area contributed by atoms with Crippen molar-refractivity contribution in [1.82, 2.24) is 4.98 Å². The van der Waals surface area contributed by atoms with Crippen molar-refractivity contribution in [3.8, 4) is 0 Å². The number of nitrogens with one attached hydrogen (secondary N) is 1. The third-order valence-corrected chi connectivity index (χ3v) is 5.53. The maximum Gasteiger partial charge on any atom is 0.303 e. The summed E-state index contributed by atoms with van der Waals surface area (Å²) >= 11 is 1.45. The third kappa shape index (κ3) is 3.52. The first-order valence-electron chi connectivity index (χ1n) is 7.85. The molecule has 0 radical (unpaired) electrons. The van der Waals surface area contributed by atoms with Crippen LogP contribution in [0.15, 0.2) is 18.2 Å². The molecule has 2 N–H and O–H groups in total. The lowest BCUT2D eigenvalue weighted by atomic mass is 9.79. The lowest BCUT2D eigenvalue weighted by Crippen LogP contribution is -2.27. The van der Waals surface area contributed by atoms with E-state index in [1.54, 1.807) is 0 Å². The molecule has 1 aromatic heterocycles. The van der Waals surface area contributed by atoms with Crippen molar-refractivity contribution in [2.45, 2.75) is 45.4 Å². The molecule has 122 valence electrons. The maximum absolute atomic E-state index is 12.4. The number of aryl methyl sites for hydroxylation is 1. The fraction of sp³-hybridized carbons (Fsp3) is 0.471. The maximum atomic E-state index is 12.4. The van der Waals surface area contributed by atoms with Gasteiger partial charge in [-0.25, -0.2) is 4.98 Å². The van der Waals surface area contributed by atoms with Gasteiger partial charge in [0.25, 0.3) is 0 Å². The predicted molar refractivity (Wildman–Crippen MR) is 90.8 cm³/mol. The molecule has 2 aromatic rings. The number of anilines is 1. The lowest BCUT2D eigenvalue weighted by molar-refractivity contribution is -0.140. The zero-order valence-electron chi connectivity index (χ0n) is 13.1. The second-order valence-electron chi connectivity index (χ2n) is 6.44. The largest absolute Gasteiger partial charge is 0.481 e. The number of carbonyl (C=O) groups excluding carboxylic acids is 1. The van der Waals surface area contributed by atoms with Crippen LogP contribution >= 0.6 is 11.3 Å². The van der Waals surface area contributed by atoms with E-state index in [0.29, 0.717) is 5.13 Å². The number of carboxylic acid groups (broad SMARTS) is 1. The third-order valence-electron chi connectivity index (χ3n) is 4.59. The zero-order chi connectivity index (χ0) is 16.4. The molecule has 23 heavy (non-hydrogen) atoms. The Morgan fingerprint density at radius 3 is 2.70 bits per heavy atom. The average Bonchev–Trinajstić information content (AvgIpc) is 3.05. The molecular formula is C17H20N2O3S. The topological polar surface area (TPSA) is 79.3 Å². The number of nitrogens with zero attached hydrogens (tertiary/aromatic N) is 1. The van der Waals surface area contributed by atoms with E-state index >= 15 is 0 Å². The molecule has 0 unspecified atom stereocenters. The van der Waals surface area contributed by atoms with E-state index in [1.165, 1.54) is 11.3 Å². The van der Waals surface area contributed by atoms with Gasteiger partial charge in [-0.15, -0.1) is 0 Å². The average molecular weight is 332 g/mol. The molecular weight excluding hydrogens is 312 g/mol. The minimum absolute atomic E-state index is 0.0688. The number of thiazole rings is 1. The van der Waals surface area contributed by atoms with E-state index in [4.69, 9.17) is 5.11 Å². The Morgan fingerprint density at radius 1 is 1.30 bits per heavy atom. The number of carbonyl (C=O) groups is 2. The van der Waals surface area contributed by atoms with Crippen molar-refractivity contribution in [2.24, 2.45) is 5.41 Å². The zero-order valence-corrected chi connectivity index (χ0v) is 13.9. The van der Waals surface area contributed by atoms with Crippen LogP contribution in [0.2, 0.25) is 0 Å². The molecule has 0 spiro atoms. The monoisotopic (exact) mass is 332 g/mol. The Bertz CT molecular complexity index is 747. The van der Waals surface area contributed by atoms with Crippen LogP contribution in [0.1, 0.15) is 44.1 Å². The molecule has 1 aliphatic rings. The Labute approximate surface area is 138 Å². The highest BCUT2D eigenvalue weighted by Crippen LogP contribution is 2.44. The molecule has 1 heterocycles. The SMILES string of the molecule is Cc1cccc2sc(NC(=O)CC3(CC(=O)O)CCCC3)nc12. The van der Waals surface area contributed by atoms with Crippen LogP contribution < -0.4 is 5.32 Å². The van der Waals surface area contributed by atoms with Gasteiger partial charge >= 0.3 is 5.97 Å². The molecule has 1 aromatic carbocycles. The van der Waals surface area contributed by atoms with E-state index < -0.39 is 5.97 Å². The van der Waals surface area contributed by atoms with Gasteiger partial charge in [-0.3, -0.25) is 9.59 Å². The highest BCUT2D eigenvalue weighted by Gasteiger charge is 2.38. The summed E-state index contributed by atoms with van der Waals surface area (Å²) in [5.41, 5.74) is 1.61. The van der Waals surface area contributed by atoms with Crippen molar-refractivity contribution < 1.29 is 14.7 Å². The van der Waals surface area contributed by atoms with Crippen LogP contribution in [-0.2, 0) is 9.59 Å². The Balaban J connectivity index is 1.72. The van der Waals surface area contributed by atoms with E-state index in [0.717, 1.165) is 41.5 Å². The molecule has 6 heteroatoms. The Hall–Kier alpha value is -1.95. The van der Waals surface area contributed by atoms with Crippen LogP contribution in [0.3, 0.4) is 0 Å². The lowest BCUT2D eigenvalue weighted by Gasteiger charge is -2.25. The van der Waals surface area contributed by atoms with Gasteiger partial charge in [0.1, 0.15) is 0 Å². The first-order chi connectivity index (χ1) is 11.0. The first-order valence-corrected chi connectivity index (χ1v) is 8.67. The highest BCUT2D eigenvalue weighted by atomic mass is 32.1. The number of fused-ring (bicyclic) bond motifs is 1. The number of rotatable bonds is 5. The highest BCUT2D eigenvalue weighted by molar-refractivity contribution is 7.22. The van der Waals surface area contributed by atoms with Gasteiger partial charge in [0.2, 0.25) is 5.91 Å². The molecule has 0 saturated heterocycles. The summed E-state index contributed by atoms with van der Waals surface area (Å²) < 4.78 is 1.04. The van der Waals surface area contributed by atoms with E-state index in [1.807, 2.05) is 25.1 Å². The summed E-state index contributed by atoms with van der Waals surface area (Å²) in [6.45, 7) is 1.99. The molecule has 5 nitrogen and oxygen atoms in total. The van der Waals surface area contributed by atoms with Gasteiger partial charge in [-0.1, -0.05) is 36.3 Å². The number of aromatic nitrogens is 1. The van der Waals surface area contributed by atoms with E-state index in [9.17, 15) is 9.59 Å². The molecule has 3 rings (SSSR count). The molecule has 0 bridgehead atoms. The second-order valence-corrected chi connectivity index (χ2v) is 7.47. The van der Waals surface area contributed by atoms with Crippen molar-refractivity contribution in [2.75, 3.05) is 5.32 Å². The van der Waals surface area contributed by atoms with Gasteiger partial charge < -0.3 is 10.4 Å². The van der Waals surface area contributed by atoms with Gasteiger partial charge in [0.05, 0.1) is 16.6 Å². The summed E-state index contributed by atoms with van der Waals surface area (Å²) in [5.74, 6) is -0.958. The number of hydrogen-bond acceptors (Lipinski definition) is 4. The quantitative estimate of drug-likeness (QED) is 0.868. The number of hydrogen-bond donors (Lipinski definition) is 2. The Morgan fingerprint density at radius 2 is 2.04 bits per heavy atom. The van der Waals surface area contributed by atoms with Crippen molar-refractivity contribution in [3.63, 3.8) is 0 Å². The van der Waals surface area contributed by atoms with Crippen molar-refractivity contribution in [1.29, 1.82) is 0 Å². The van der Waals surface area contributed by atoms with Gasteiger partial charge in [0, 0.05) is 6.42 Å². The summed E-state index contributed by atoms with van der Waals surface area (Å²) in [7, 11) is 0. The van der Waals surface area contributed by atoms with Crippen LogP contribution in [0.5, 0.6) is 0 Å². The molecule has 1 amide bonds. The van der Waals surface area contributed by atoms with Crippen LogP contribution in [-0.4, -0.2) is 22.0 Å². The van der Waals surface area contributed by atoms with Crippen molar-refractivity contribution in [3.05, 3.63) is 23.8 Å². The van der Waals surface area contributed by atoms with Gasteiger partial charge in [-0.05, 0) is 36.8 Å². The molecule has 1 fully saturated rings. The number of amides is 1. The summed E-state index contributed by atoms with van der Waals surface area (Å²) in [5, 5.41) is 12.6. The predicted octanol–water partition coefficient (Wildman–Crippen LogP) is 3.97.